The van der Waals surface area contributed by atoms with Crippen LogP contribution in [0.5, 0.6) is 0 Å². The molecule has 1 heteroatoms. The fourth-order valence-corrected chi connectivity index (χ4v) is 4.41. The molecule has 0 fully saturated rings. The van der Waals surface area contributed by atoms with Crippen molar-refractivity contribution in [3.05, 3.63) is 41.1 Å². The molecule has 0 N–H and O–H groups in total. The molecule has 1 aromatic rings. The lowest BCUT2D eigenvalue weighted by Gasteiger charge is -2.25. The summed E-state index contributed by atoms with van der Waals surface area (Å²) >= 11 is 0. The van der Waals surface area contributed by atoms with Gasteiger partial charge in [-0.2, -0.15) is 0 Å². The fraction of sp³-hybridized carbons (Fsp3) is 0.385. The molecule has 0 spiro atoms. The molecule has 0 radical (unpaired) electrons. The van der Waals surface area contributed by atoms with Crippen LogP contribution in [0.1, 0.15) is 20.8 Å². The van der Waals surface area contributed by atoms with Gasteiger partial charge in [0, 0.05) is 0 Å². The smallest absolute Gasteiger partial charge is 0.0810 e. The summed E-state index contributed by atoms with van der Waals surface area (Å²) in [5, 5.41) is 3.13. The van der Waals surface area contributed by atoms with E-state index in [1.807, 2.05) is 0 Å². The van der Waals surface area contributed by atoms with Crippen LogP contribution in [-0.4, -0.2) is 8.07 Å². The lowest BCUT2D eigenvalue weighted by atomic mass is 10.3. The Morgan fingerprint density at radius 1 is 0.929 bits per heavy atom. The van der Waals surface area contributed by atoms with E-state index in [-0.39, 0.29) is 0 Å². The summed E-state index contributed by atoms with van der Waals surface area (Å²) in [4.78, 5) is 0. The molecule has 0 amide bonds. The zero-order chi connectivity index (χ0) is 10.8. The van der Waals surface area contributed by atoms with Gasteiger partial charge < -0.3 is 0 Å². The molecule has 76 valence electrons. The summed E-state index contributed by atoms with van der Waals surface area (Å²) in [6, 6.07) is 10.9. The van der Waals surface area contributed by atoms with E-state index in [4.69, 9.17) is 0 Å². The fourth-order valence-electron chi connectivity index (χ4n) is 1.70. The molecule has 0 nitrogen and oxygen atoms in total. The normalized spacial score (nSPS) is 11.2. The number of hydrogen-bond donors (Lipinski definition) is 0. The van der Waals surface area contributed by atoms with Gasteiger partial charge in [-0.3, -0.25) is 0 Å². The molecule has 0 atom stereocenters. The zero-order valence-electron chi connectivity index (χ0n) is 9.89. The maximum absolute atomic E-state index is 2.42. The standard InChI is InChI=1S/C13H20Si/c1-11(2)12(3)14(4,5)13-9-7-6-8-10-13/h6-10H,1-5H3. The van der Waals surface area contributed by atoms with E-state index in [1.165, 1.54) is 10.8 Å². The highest BCUT2D eigenvalue weighted by molar-refractivity contribution is 6.95. The topological polar surface area (TPSA) is 0 Å². The second kappa shape index (κ2) is 4.14. The van der Waals surface area contributed by atoms with Crippen LogP contribution in [0, 0.1) is 0 Å². The third-order valence-corrected chi connectivity index (χ3v) is 7.33. The van der Waals surface area contributed by atoms with Crippen molar-refractivity contribution in [1.29, 1.82) is 0 Å². The van der Waals surface area contributed by atoms with Crippen molar-refractivity contribution in [3.63, 3.8) is 0 Å². The van der Waals surface area contributed by atoms with E-state index in [0.29, 0.717) is 0 Å². The molecule has 0 saturated heterocycles. The molecule has 0 unspecified atom stereocenters. The van der Waals surface area contributed by atoms with Crippen LogP contribution in [0.25, 0.3) is 0 Å². The van der Waals surface area contributed by atoms with Gasteiger partial charge in [0.15, 0.2) is 0 Å². The summed E-state index contributed by atoms with van der Waals surface area (Å²) in [5.41, 5.74) is 1.48. The molecular formula is C13H20Si. The number of rotatable bonds is 2. The van der Waals surface area contributed by atoms with Gasteiger partial charge in [0.25, 0.3) is 0 Å². The summed E-state index contributed by atoms with van der Waals surface area (Å²) < 4.78 is 0. The summed E-state index contributed by atoms with van der Waals surface area (Å²) in [6.07, 6.45) is 0. The number of allylic oxidation sites excluding steroid dienone is 2. The summed E-state index contributed by atoms with van der Waals surface area (Å²) in [5.74, 6) is 0. The van der Waals surface area contributed by atoms with Crippen LogP contribution in [0.3, 0.4) is 0 Å². The first-order chi connectivity index (χ1) is 6.46. The van der Waals surface area contributed by atoms with Gasteiger partial charge in [-0.05, 0) is 20.8 Å². The van der Waals surface area contributed by atoms with Gasteiger partial charge >= 0.3 is 0 Å². The highest BCUT2D eigenvalue weighted by Gasteiger charge is 2.25. The van der Waals surface area contributed by atoms with Crippen LogP contribution >= 0.6 is 0 Å². The van der Waals surface area contributed by atoms with Gasteiger partial charge in [-0.1, -0.05) is 59.4 Å². The van der Waals surface area contributed by atoms with Crippen molar-refractivity contribution in [1.82, 2.24) is 0 Å². The van der Waals surface area contributed by atoms with E-state index in [2.05, 4.69) is 64.2 Å². The molecule has 1 aromatic carbocycles. The number of hydrogen-bond acceptors (Lipinski definition) is 0. The molecule has 1 rings (SSSR count). The monoisotopic (exact) mass is 204 g/mol. The first kappa shape index (κ1) is 11.3. The van der Waals surface area contributed by atoms with Gasteiger partial charge in [0.2, 0.25) is 0 Å². The maximum atomic E-state index is 2.42. The SMILES string of the molecule is CC(C)=C(C)[Si](C)(C)c1ccccc1. The summed E-state index contributed by atoms with van der Waals surface area (Å²) in [6.45, 7) is 11.6. The zero-order valence-corrected chi connectivity index (χ0v) is 10.9. The van der Waals surface area contributed by atoms with Crippen molar-refractivity contribution in [3.8, 4) is 0 Å². The van der Waals surface area contributed by atoms with Crippen LogP contribution in [0.15, 0.2) is 41.1 Å². The molecule has 0 aromatic heterocycles. The third-order valence-electron chi connectivity index (χ3n) is 3.18. The molecular weight excluding hydrogens is 184 g/mol. The Bertz CT molecular complexity index is 330. The highest BCUT2D eigenvalue weighted by Crippen LogP contribution is 2.17. The Morgan fingerprint density at radius 3 is 1.86 bits per heavy atom. The second-order valence-corrected chi connectivity index (χ2v) is 9.19. The van der Waals surface area contributed by atoms with E-state index in [9.17, 15) is 0 Å². The largest absolute Gasteiger partial charge is 0.107 e. The van der Waals surface area contributed by atoms with Crippen LogP contribution in [0.4, 0.5) is 0 Å². The first-order valence-electron chi connectivity index (χ1n) is 5.16. The van der Waals surface area contributed by atoms with Gasteiger partial charge in [0.05, 0.1) is 0 Å². The van der Waals surface area contributed by atoms with Crippen LogP contribution < -0.4 is 5.19 Å². The molecule has 14 heavy (non-hydrogen) atoms. The quantitative estimate of drug-likeness (QED) is 0.647. The lowest BCUT2D eigenvalue weighted by Crippen LogP contribution is -2.43. The van der Waals surface area contributed by atoms with Crippen LogP contribution in [-0.2, 0) is 0 Å². The molecule has 0 saturated carbocycles. The van der Waals surface area contributed by atoms with Crippen LogP contribution in [0.2, 0.25) is 13.1 Å². The minimum absolute atomic E-state index is 1.37. The first-order valence-corrected chi connectivity index (χ1v) is 8.16. The predicted octanol–water partition coefficient (Wildman–Crippen LogP) is 3.50. The minimum Gasteiger partial charge on any atom is -0.0810 e. The average Bonchev–Trinajstić information content (AvgIpc) is 2.18. The predicted molar refractivity (Wildman–Crippen MR) is 67.6 cm³/mol. The highest BCUT2D eigenvalue weighted by atomic mass is 28.3. The van der Waals surface area contributed by atoms with Gasteiger partial charge in [0.1, 0.15) is 8.07 Å². The maximum Gasteiger partial charge on any atom is 0.107 e. The Kier molecular flexibility index (Phi) is 3.32. The second-order valence-electron chi connectivity index (χ2n) is 4.62. The van der Waals surface area contributed by atoms with Crippen molar-refractivity contribution in [2.75, 3.05) is 0 Å². The molecule has 0 aliphatic carbocycles. The average molecular weight is 204 g/mol. The van der Waals surface area contributed by atoms with E-state index in [1.54, 1.807) is 5.20 Å². The van der Waals surface area contributed by atoms with Crippen molar-refractivity contribution in [2.45, 2.75) is 33.9 Å². The van der Waals surface area contributed by atoms with E-state index in [0.717, 1.165) is 0 Å². The lowest BCUT2D eigenvalue weighted by molar-refractivity contribution is 1.31. The molecule has 0 aliphatic rings. The Labute approximate surface area is 88.7 Å². The molecule has 0 aliphatic heterocycles. The van der Waals surface area contributed by atoms with E-state index < -0.39 is 8.07 Å². The molecule has 0 heterocycles. The van der Waals surface area contributed by atoms with E-state index >= 15 is 0 Å². The van der Waals surface area contributed by atoms with Crippen molar-refractivity contribution >= 4 is 13.3 Å². The number of benzene rings is 1. The Hall–Kier alpha value is -0.823. The van der Waals surface area contributed by atoms with Crippen molar-refractivity contribution in [2.24, 2.45) is 0 Å². The van der Waals surface area contributed by atoms with Gasteiger partial charge in [-0.15, -0.1) is 0 Å². The van der Waals surface area contributed by atoms with Gasteiger partial charge in [-0.25, -0.2) is 0 Å². The minimum atomic E-state index is -1.37. The third kappa shape index (κ3) is 2.15. The van der Waals surface area contributed by atoms with Crippen molar-refractivity contribution < 1.29 is 0 Å². The molecule has 0 bridgehead atoms. The Morgan fingerprint density at radius 2 is 1.43 bits per heavy atom. The Balaban J connectivity index is 3.15. The summed E-state index contributed by atoms with van der Waals surface area (Å²) in [7, 11) is -1.37.